The van der Waals surface area contributed by atoms with Gasteiger partial charge in [0.15, 0.2) is 0 Å². The summed E-state index contributed by atoms with van der Waals surface area (Å²) in [6.07, 6.45) is 0.851. The van der Waals surface area contributed by atoms with Crippen molar-refractivity contribution in [1.82, 2.24) is 0 Å². The largest absolute Gasteiger partial charge is 0.381 e. The molecule has 2 rings (SSSR count). The first kappa shape index (κ1) is 13.9. The Bertz CT molecular complexity index is 531. The second-order valence-electron chi connectivity index (χ2n) is 4.72. The van der Waals surface area contributed by atoms with Crippen molar-refractivity contribution in [2.75, 3.05) is 18.5 Å². The Balaban J connectivity index is 2.15. The van der Waals surface area contributed by atoms with E-state index in [9.17, 15) is 10.1 Å². The highest BCUT2D eigenvalue weighted by atomic mass is 35.5. The van der Waals surface area contributed by atoms with Crippen LogP contribution in [0.4, 0.5) is 5.69 Å². The van der Waals surface area contributed by atoms with E-state index in [0.717, 1.165) is 5.56 Å². The number of anilines is 1. The maximum atomic E-state index is 12.3. The zero-order valence-corrected chi connectivity index (χ0v) is 11.5. The number of hydrogen-bond donors (Lipinski definition) is 1. The van der Waals surface area contributed by atoms with Crippen molar-refractivity contribution < 1.29 is 9.53 Å². The summed E-state index contributed by atoms with van der Waals surface area (Å²) in [5, 5.41) is 12.7. The molecule has 0 spiro atoms. The molecular formula is C14H15ClN2O2. The fourth-order valence-electron chi connectivity index (χ4n) is 2.03. The van der Waals surface area contributed by atoms with Crippen molar-refractivity contribution in [2.24, 2.45) is 5.41 Å². The lowest BCUT2D eigenvalue weighted by molar-refractivity contribution is -0.126. The first-order valence-corrected chi connectivity index (χ1v) is 6.52. The average Bonchev–Trinajstić information content (AvgIpc) is 2.43. The lowest BCUT2D eigenvalue weighted by atomic mass is 9.81. The number of carbonyl (C=O) groups is 1. The van der Waals surface area contributed by atoms with Crippen LogP contribution in [0.2, 0.25) is 5.02 Å². The minimum atomic E-state index is -0.990. The molecule has 1 aliphatic rings. The fourth-order valence-corrected chi connectivity index (χ4v) is 2.21. The number of benzene rings is 1. The van der Waals surface area contributed by atoms with Crippen LogP contribution < -0.4 is 5.32 Å². The van der Waals surface area contributed by atoms with Gasteiger partial charge in [0.2, 0.25) is 5.91 Å². The Hall–Kier alpha value is -1.57. The number of nitrogens with one attached hydrogen (secondary N) is 1. The summed E-state index contributed by atoms with van der Waals surface area (Å²) in [5.74, 6) is -0.279. The van der Waals surface area contributed by atoms with Gasteiger partial charge in [0.05, 0.1) is 6.07 Å². The zero-order chi connectivity index (χ0) is 13.9. The molecule has 0 bridgehead atoms. The van der Waals surface area contributed by atoms with Gasteiger partial charge in [0.25, 0.3) is 0 Å². The van der Waals surface area contributed by atoms with Crippen LogP contribution in [-0.2, 0) is 9.53 Å². The number of carbonyl (C=O) groups excluding carboxylic acids is 1. The molecule has 5 heteroatoms. The van der Waals surface area contributed by atoms with Crippen LogP contribution in [0.1, 0.15) is 18.4 Å². The summed E-state index contributed by atoms with van der Waals surface area (Å²) < 4.78 is 5.21. The Morgan fingerprint density at radius 2 is 2.16 bits per heavy atom. The topological polar surface area (TPSA) is 62.1 Å². The van der Waals surface area contributed by atoms with Crippen molar-refractivity contribution in [1.29, 1.82) is 5.26 Å². The van der Waals surface area contributed by atoms with E-state index < -0.39 is 5.41 Å². The molecule has 0 aliphatic carbocycles. The monoisotopic (exact) mass is 278 g/mol. The highest BCUT2D eigenvalue weighted by Crippen LogP contribution is 2.31. The zero-order valence-electron chi connectivity index (χ0n) is 10.7. The molecule has 1 heterocycles. The number of aryl methyl sites for hydroxylation is 1. The van der Waals surface area contributed by atoms with Crippen molar-refractivity contribution in [3.05, 3.63) is 28.8 Å². The third-order valence-corrected chi connectivity index (χ3v) is 3.83. The van der Waals surface area contributed by atoms with Gasteiger partial charge in [0.1, 0.15) is 5.41 Å². The van der Waals surface area contributed by atoms with Gasteiger partial charge >= 0.3 is 0 Å². The number of hydrogen-bond acceptors (Lipinski definition) is 3. The molecule has 100 valence electrons. The van der Waals surface area contributed by atoms with Crippen LogP contribution in [0.25, 0.3) is 0 Å². The highest BCUT2D eigenvalue weighted by Gasteiger charge is 2.40. The third kappa shape index (κ3) is 2.89. The number of amides is 1. The minimum Gasteiger partial charge on any atom is -0.381 e. The van der Waals surface area contributed by atoms with Crippen LogP contribution in [0.3, 0.4) is 0 Å². The summed E-state index contributed by atoms with van der Waals surface area (Å²) in [5.41, 5.74) is 0.567. The SMILES string of the molecule is Cc1ccc(NC(=O)C2(C#N)CCOCC2)cc1Cl. The van der Waals surface area contributed by atoms with Gasteiger partial charge in [-0.1, -0.05) is 17.7 Å². The summed E-state index contributed by atoms with van der Waals surface area (Å²) >= 11 is 6.02. The fraction of sp³-hybridized carbons (Fsp3) is 0.429. The summed E-state index contributed by atoms with van der Waals surface area (Å²) in [4.78, 5) is 12.3. The molecule has 0 saturated carbocycles. The third-order valence-electron chi connectivity index (χ3n) is 3.42. The van der Waals surface area contributed by atoms with E-state index in [1.807, 2.05) is 13.0 Å². The molecule has 19 heavy (non-hydrogen) atoms. The Labute approximate surface area is 117 Å². The molecule has 0 unspecified atom stereocenters. The van der Waals surface area contributed by atoms with Crippen LogP contribution >= 0.6 is 11.6 Å². The molecule has 4 nitrogen and oxygen atoms in total. The smallest absolute Gasteiger partial charge is 0.245 e. The van der Waals surface area contributed by atoms with E-state index in [4.69, 9.17) is 16.3 Å². The van der Waals surface area contributed by atoms with Gasteiger partial charge in [-0.05, 0) is 37.5 Å². The normalized spacial score (nSPS) is 17.5. The van der Waals surface area contributed by atoms with E-state index in [1.165, 1.54) is 0 Å². The van der Waals surface area contributed by atoms with Gasteiger partial charge in [-0.2, -0.15) is 5.26 Å². The van der Waals surface area contributed by atoms with Gasteiger partial charge in [-0.25, -0.2) is 0 Å². The Morgan fingerprint density at radius 3 is 2.74 bits per heavy atom. The van der Waals surface area contributed by atoms with Gasteiger partial charge in [-0.3, -0.25) is 4.79 Å². The average molecular weight is 279 g/mol. The van der Waals surface area contributed by atoms with E-state index in [1.54, 1.807) is 12.1 Å². The summed E-state index contributed by atoms with van der Waals surface area (Å²) in [6.45, 7) is 2.77. The molecule has 1 aromatic carbocycles. The van der Waals surface area contributed by atoms with E-state index in [0.29, 0.717) is 36.8 Å². The van der Waals surface area contributed by atoms with Crippen molar-refractivity contribution >= 4 is 23.2 Å². The molecule has 1 aromatic rings. The number of nitrogens with zero attached hydrogens (tertiary/aromatic N) is 1. The molecule has 1 fully saturated rings. The number of halogens is 1. The van der Waals surface area contributed by atoms with Crippen LogP contribution in [0.15, 0.2) is 18.2 Å². The molecule has 0 atom stereocenters. The molecule has 1 N–H and O–H groups in total. The predicted molar refractivity (Wildman–Crippen MR) is 72.9 cm³/mol. The molecule has 0 aromatic heterocycles. The summed E-state index contributed by atoms with van der Waals surface area (Å²) in [7, 11) is 0. The second kappa shape index (κ2) is 5.60. The first-order valence-electron chi connectivity index (χ1n) is 6.14. The van der Waals surface area contributed by atoms with Crippen molar-refractivity contribution in [3.8, 4) is 6.07 Å². The predicted octanol–water partition coefficient (Wildman–Crippen LogP) is 2.91. The maximum Gasteiger partial charge on any atom is 0.245 e. The molecular weight excluding hydrogens is 264 g/mol. The van der Waals surface area contributed by atoms with Crippen molar-refractivity contribution in [2.45, 2.75) is 19.8 Å². The number of rotatable bonds is 2. The van der Waals surface area contributed by atoms with Gasteiger partial charge < -0.3 is 10.1 Å². The number of nitriles is 1. The molecule has 1 aliphatic heterocycles. The van der Waals surface area contributed by atoms with Gasteiger partial charge in [0, 0.05) is 23.9 Å². The Kier molecular flexibility index (Phi) is 4.08. The second-order valence-corrected chi connectivity index (χ2v) is 5.13. The first-order chi connectivity index (χ1) is 9.07. The van der Waals surface area contributed by atoms with Crippen LogP contribution in [-0.4, -0.2) is 19.1 Å². The highest BCUT2D eigenvalue weighted by molar-refractivity contribution is 6.31. The lowest BCUT2D eigenvalue weighted by Crippen LogP contribution is -2.39. The quantitative estimate of drug-likeness (QED) is 0.905. The van der Waals surface area contributed by atoms with Crippen LogP contribution in [0.5, 0.6) is 0 Å². The van der Waals surface area contributed by atoms with Crippen molar-refractivity contribution in [3.63, 3.8) is 0 Å². The maximum absolute atomic E-state index is 12.3. The van der Waals surface area contributed by atoms with E-state index in [-0.39, 0.29) is 5.91 Å². The molecule has 0 radical (unpaired) electrons. The van der Waals surface area contributed by atoms with E-state index >= 15 is 0 Å². The summed E-state index contributed by atoms with van der Waals surface area (Å²) in [6, 6.07) is 7.45. The lowest BCUT2D eigenvalue weighted by Gasteiger charge is -2.29. The minimum absolute atomic E-state index is 0.279. The van der Waals surface area contributed by atoms with Gasteiger partial charge in [-0.15, -0.1) is 0 Å². The standard InChI is InChI=1S/C14H15ClN2O2/c1-10-2-3-11(8-12(10)15)17-13(18)14(9-16)4-6-19-7-5-14/h2-3,8H,4-7H2,1H3,(H,17,18). The van der Waals surface area contributed by atoms with E-state index in [2.05, 4.69) is 11.4 Å². The molecule has 1 amide bonds. The Morgan fingerprint density at radius 1 is 1.47 bits per heavy atom. The number of ether oxygens (including phenoxy) is 1. The van der Waals surface area contributed by atoms with Crippen LogP contribution in [0, 0.1) is 23.7 Å². The molecule has 1 saturated heterocycles.